The Morgan fingerprint density at radius 2 is 2.08 bits per heavy atom. The molecular weight excluding hydrogens is 328 g/mol. The lowest BCUT2D eigenvalue weighted by Crippen LogP contribution is -2.64. The topological polar surface area (TPSA) is 55.8 Å². The zero-order valence-corrected chi connectivity index (χ0v) is 16.0. The van der Waals surface area contributed by atoms with E-state index in [4.69, 9.17) is 9.47 Å². The van der Waals surface area contributed by atoms with Crippen LogP contribution in [0.1, 0.15) is 67.9 Å². The van der Waals surface area contributed by atoms with Crippen LogP contribution in [0.15, 0.2) is 16.9 Å². The molecule has 0 aromatic heterocycles. The van der Waals surface area contributed by atoms with Crippen molar-refractivity contribution in [3.05, 3.63) is 44.6 Å². The standard InChI is InChI=1S/C22H28O4/c1-10(2)25-21-22-6-5-13-9-14(23)7-11(3)16-17(13)19(22)18(20(16)24)15(26-21)8-12(22)4/h7,9-10,12,15,18-21,24H,5-6,8H2,1-4H3/t12-,15+,18-,19-,20-,21-,22-/m1/s1. The van der Waals surface area contributed by atoms with Gasteiger partial charge in [0.25, 0.3) is 0 Å². The highest BCUT2D eigenvalue weighted by Crippen LogP contribution is 2.70. The molecular formula is C22H28O4. The third kappa shape index (κ3) is 1.93. The number of rotatable bonds is 2. The SMILES string of the molecule is Cc1cc(=O)cc2c3c1[C@@H](O)[C@@H]1[C@@H]4C[C@@H](C)[C@@](CC2)([C@H](OC(C)C)O4)[C@H]31. The molecule has 2 bridgehead atoms. The monoisotopic (exact) mass is 356 g/mol. The van der Waals surface area contributed by atoms with Gasteiger partial charge in [-0.25, -0.2) is 0 Å². The number of aliphatic hydroxyl groups is 1. The van der Waals surface area contributed by atoms with Gasteiger partial charge in [0.1, 0.15) is 0 Å². The maximum Gasteiger partial charge on any atom is 0.179 e. The first-order valence-electron chi connectivity index (χ1n) is 10.0. The Hall–Kier alpha value is -1.23. The van der Waals surface area contributed by atoms with Gasteiger partial charge in [0.05, 0.1) is 18.3 Å². The number of ether oxygens (including phenoxy) is 2. The lowest BCUT2D eigenvalue weighted by Gasteiger charge is -2.63. The van der Waals surface area contributed by atoms with Gasteiger partial charge in [-0.1, -0.05) is 6.92 Å². The summed E-state index contributed by atoms with van der Waals surface area (Å²) in [5, 5.41) is 11.3. The second kappa shape index (κ2) is 5.40. The van der Waals surface area contributed by atoms with Gasteiger partial charge in [-0.05, 0) is 80.3 Å². The lowest BCUT2D eigenvalue weighted by molar-refractivity contribution is -0.343. The Morgan fingerprint density at radius 1 is 1.31 bits per heavy atom. The van der Waals surface area contributed by atoms with Gasteiger partial charge in [0, 0.05) is 17.3 Å². The molecule has 2 saturated heterocycles. The summed E-state index contributed by atoms with van der Waals surface area (Å²) in [6, 6.07) is 3.50. The van der Waals surface area contributed by atoms with Crippen molar-refractivity contribution >= 4 is 0 Å². The van der Waals surface area contributed by atoms with Gasteiger partial charge in [-0.15, -0.1) is 0 Å². The van der Waals surface area contributed by atoms with Crippen LogP contribution in [0.4, 0.5) is 0 Å². The third-order valence-electron chi connectivity index (χ3n) is 7.56. The van der Waals surface area contributed by atoms with E-state index in [1.54, 1.807) is 12.1 Å². The van der Waals surface area contributed by atoms with Crippen LogP contribution in [-0.2, 0) is 15.9 Å². The Bertz CT molecular complexity index is 832. The van der Waals surface area contributed by atoms with E-state index in [0.717, 1.165) is 36.0 Å². The van der Waals surface area contributed by atoms with Crippen molar-refractivity contribution in [3.8, 4) is 0 Å². The lowest BCUT2D eigenvalue weighted by atomic mass is 9.49. The Kier molecular flexibility index (Phi) is 3.51. The summed E-state index contributed by atoms with van der Waals surface area (Å²) >= 11 is 0. The summed E-state index contributed by atoms with van der Waals surface area (Å²) in [6.07, 6.45) is 2.16. The van der Waals surface area contributed by atoms with Crippen molar-refractivity contribution in [1.29, 1.82) is 0 Å². The van der Waals surface area contributed by atoms with Crippen LogP contribution in [0, 0.1) is 24.2 Å². The van der Waals surface area contributed by atoms with Gasteiger partial charge >= 0.3 is 0 Å². The van der Waals surface area contributed by atoms with Gasteiger partial charge < -0.3 is 14.6 Å². The van der Waals surface area contributed by atoms with Crippen LogP contribution in [0.25, 0.3) is 0 Å². The first kappa shape index (κ1) is 16.9. The van der Waals surface area contributed by atoms with Crippen LogP contribution in [0.3, 0.4) is 0 Å². The second-order valence-corrected chi connectivity index (χ2v) is 9.17. The highest BCUT2D eigenvalue weighted by Gasteiger charge is 2.69. The highest BCUT2D eigenvalue weighted by atomic mass is 16.7. The van der Waals surface area contributed by atoms with E-state index < -0.39 is 6.10 Å². The van der Waals surface area contributed by atoms with E-state index in [0.29, 0.717) is 5.92 Å². The van der Waals surface area contributed by atoms with Crippen LogP contribution < -0.4 is 5.43 Å². The molecule has 1 spiro atoms. The molecule has 26 heavy (non-hydrogen) atoms. The molecule has 4 nitrogen and oxygen atoms in total. The molecule has 0 unspecified atom stereocenters. The molecule has 1 aromatic carbocycles. The van der Waals surface area contributed by atoms with Gasteiger partial charge in [-0.2, -0.15) is 0 Å². The molecule has 140 valence electrons. The number of hydrogen-bond donors (Lipinski definition) is 1. The van der Waals surface area contributed by atoms with Gasteiger partial charge in [0.2, 0.25) is 0 Å². The van der Waals surface area contributed by atoms with E-state index >= 15 is 0 Å². The first-order chi connectivity index (χ1) is 12.3. The average molecular weight is 356 g/mol. The molecule has 1 saturated carbocycles. The Labute approximate surface area is 154 Å². The largest absolute Gasteiger partial charge is 0.388 e. The summed E-state index contributed by atoms with van der Waals surface area (Å²) in [7, 11) is 0. The Balaban J connectivity index is 1.78. The average Bonchev–Trinajstić information content (AvgIpc) is 2.79. The van der Waals surface area contributed by atoms with Crippen molar-refractivity contribution in [3.63, 3.8) is 0 Å². The predicted molar refractivity (Wildman–Crippen MR) is 98.1 cm³/mol. The van der Waals surface area contributed by atoms with E-state index in [1.807, 2.05) is 6.92 Å². The number of fused-ring (bicyclic) bond motifs is 2. The maximum absolute atomic E-state index is 12.3. The fourth-order valence-corrected chi connectivity index (χ4v) is 6.67. The molecule has 5 aliphatic rings. The fourth-order valence-electron chi connectivity index (χ4n) is 6.67. The van der Waals surface area contributed by atoms with E-state index in [2.05, 4.69) is 20.8 Å². The number of hydrogen-bond acceptors (Lipinski definition) is 4. The Morgan fingerprint density at radius 3 is 2.81 bits per heavy atom. The van der Waals surface area contributed by atoms with Crippen molar-refractivity contribution in [2.24, 2.45) is 17.3 Å². The minimum Gasteiger partial charge on any atom is -0.388 e. The predicted octanol–water partition coefficient (Wildman–Crippen LogP) is 3.22. The molecule has 0 radical (unpaired) electrons. The molecule has 3 aliphatic carbocycles. The second-order valence-electron chi connectivity index (χ2n) is 9.17. The number of aliphatic hydroxyl groups excluding tert-OH is 1. The summed E-state index contributed by atoms with van der Waals surface area (Å²) < 4.78 is 12.7. The van der Waals surface area contributed by atoms with Crippen LogP contribution in [0.5, 0.6) is 0 Å². The quantitative estimate of drug-likeness (QED) is 0.884. The molecule has 0 amide bonds. The molecule has 4 heteroatoms. The summed E-state index contributed by atoms with van der Waals surface area (Å²) in [6.45, 7) is 8.41. The van der Waals surface area contributed by atoms with Crippen LogP contribution in [-0.4, -0.2) is 23.6 Å². The fraction of sp³-hybridized carbons (Fsp3) is 0.682. The molecule has 2 heterocycles. The van der Waals surface area contributed by atoms with Crippen LogP contribution >= 0.6 is 0 Å². The molecule has 6 rings (SSSR count). The van der Waals surface area contributed by atoms with Crippen LogP contribution in [0.2, 0.25) is 0 Å². The van der Waals surface area contributed by atoms with Crippen molar-refractivity contribution in [2.75, 3.05) is 0 Å². The minimum atomic E-state index is -0.546. The molecule has 1 N–H and O–H groups in total. The maximum atomic E-state index is 12.3. The van der Waals surface area contributed by atoms with E-state index in [1.165, 1.54) is 5.56 Å². The van der Waals surface area contributed by atoms with Crippen molar-refractivity contribution < 1.29 is 14.6 Å². The molecule has 7 atom stereocenters. The molecule has 2 aliphatic heterocycles. The molecule has 1 aromatic rings. The van der Waals surface area contributed by atoms with E-state index in [-0.39, 0.29) is 41.2 Å². The third-order valence-corrected chi connectivity index (χ3v) is 7.56. The van der Waals surface area contributed by atoms with Crippen molar-refractivity contribution in [2.45, 2.75) is 77.5 Å². The zero-order chi connectivity index (χ0) is 18.4. The summed E-state index contributed by atoms with van der Waals surface area (Å²) in [5.41, 5.74) is 4.24. The van der Waals surface area contributed by atoms with E-state index in [9.17, 15) is 9.90 Å². The zero-order valence-electron chi connectivity index (χ0n) is 16.0. The summed E-state index contributed by atoms with van der Waals surface area (Å²) in [5.74, 6) is 0.798. The summed E-state index contributed by atoms with van der Waals surface area (Å²) in [4.78, 5) is 12.3. The van der Waals surface area contributed by atoms with Gasteiger partial charge in [-0.3, -0.25) is 4.79 Å². The van der Waals surface area contributed by atoms with Gasteiger partial charge in [0.15, 0.2) is 11.7 Å². The smallest absolute Gasteiger partial charge is 0.179 e. The first-order valence-corrected chi connectivity index (χ1v) is 10.0. The highest BCUT2D eigenvalue weighted by molar-refractivity contribution is 5.51. The number of aryl methyl sites for hydroxylation is 2. The minimum absolute atomic E-state index is 0.0189. The normalized spacial score (nSPS) is 42.2. The molecule has 3 fully saturated rings. The van der Waals surface area contributed by atoms with Crippen molar-refractivity contribution in [1.82, 2.24) is 0 Å².